The van der Waals surface area contributed by atoms with Gasteiger partial charge in [-0.15, -0.1) is 0 Å². The van der Waals surface area contributed by atoms with E-state index in [0.29, 0.717) is 6.42 Å². The number of carbonyl (C=O) groups excluding carboxylic acids is 1. The third kappa shape index (κ3) is 11.0. The van der Waals surface area contributed by atoms with Crippen LogP contribution in [0.4, 0.5) is 4.79 Å². The first-order valence-corrected chi connectivity index (χ1v) is 13.5. The van der Waals surface area contributed by atoms with E-state index in [4.69, 9.17) is 4.74 Å². The SMILES string of the molecule is CC(C)CC(CP(=O)(O)CNC(=O)OCc1ccccc1)C(O)NC(Cc1ccccc1)C(=O)O. The summed E-state index contributed by atoms with van der Waals surface area (Å²) in [4.78, 5) is 34.2. The van der Waals surface area contributed by atoms with Crippen LogP contribution in [-0.2, 0) is 27.1 Å². The second-order valence-electron chi connectivity index (χ2n) is 9.01. The van der Waals surface area contributed by atoms with Crippen molar-refractivity contribution >= 4 is 19.4 Å². The van der Waals surface area contributed by atoms with Crippen LogP contribution in [0.5, 0.6) is 0 Å². The number of benzene rings is 2. The van der Waals surface area contributed by atoms with E-state index < -0.39 is 43.9 Å². The van der Waals surface area contributed by atoms with Gasteiger partial charge in [0.1, 0.15) is 18.9 Å². The molecule has 0 aliphatic carbocycles. The molecule has 2 aromatic carbocycles. The summed E-state index contributed by atoms with van der Waals surface area (Å²) in [5.74, 6) is -1.76. The number of aliphatic carboxylic acids is 1. The molecule has 35 heavy (non-hydrogen) atoms. The Morgan fingerprint density at radius 3 is 2.11 bits per heavy atom. The predicted octanol–water partition coefficient (Wildman–Crippen LogP) is 3.41. The molecule has 192 valence electrons. The minimum atomic E-state index is -3.90. The molecule has 0 radical (unpaired) electrons. The number of aliphatic hydroxyl groups excluding tert-OH is 1. The van der Waals surface area contributed by atoms with Crippen LogP contribution < -0.4 is 10.6 Å². The Bertz CT molecular complexity index is 972. The van der Waals surface area contributed by atoms with Crippen LogP contribution in [-0.4, -0.2) is 51.9 Å². The molecular weight excluding hydrogens is 471 g/mol. The van der Waals surface area contributed by atoms with Gasteiger partial charge in [-0.1, -0.05) is 74.5 Å². The Morgan fingerprint density at radius 1 is 1.00 bits per heavy atom. The maximum atomic E-state index is 12.8. The Morgan fingerprint density at radius 2 is 1.57 bits per heavy atom. The highest BCUT2D eigenvalue weighted by atomic mass is 31.2. The van der Waals surface area contributed by atoms with Crippen LogP contribution >= 0.6 is 7.37 Å². The number of alkyl carbamates (subject to hydrolysis) is 1. The molecule has 1 amide bonds. The molecule has 0 saturated carbocycles. The van der Waals surface area contributed by atoms with Crippen molar-refractivity contribution in [3.05, 3.63) is 71.8 Å². The monoisotopic (exact) mass is 506 g/mol. The zero-order valence-electron chi connectivity index (χ0n) is 20.0. The van der Waals surface area contributed by atoms with E-state index in [-0.39, 0.29) is 25.1 Å². The number of ether oxygens (including phenoxy) is 1. The van der Waals surface area contributed by atoms with Gasteiger partial charge in [-0.25, -0.2) is 4.79 Å². The maximum Gasteiger partial charge on any atom is 0.407 e. The number of carbonyl (C=O) groups is 2. The van der Waals surface area contributed by atoms with Crippen molar-refractivity contribution in [1.29, 1.82) is 0 Å². The minimum absolute atomic E-state index is 0.0268. The van der Waals surface area contributed by atoms with E-state index in [1.165, 1.54) is 0 Å². The quantitative estimate of drug-likeness (QED) is 0.194. The lowest BCUT2D eigenvalue weighted by atomic mass is 9.96. The average molecular weight is 507 g/mol. The summed E-state index contributed by atoms with van der Waals surface area (Å²) in [6.07, 6.45) is -2.43. The molecule has 0 aromatic heterocycles. The number of hydrogen-bond acceptors (Lipinski definition) is 6. The molecule has 2 rings (SSSR count). The largest absolute Gasteiger partial charge is 0.480 e. The Balaban J connectivity index is 1.95. The summed E-state index contributed by atoms with van der Waals surface area (Å²) in [5, 5.41) is 25.4. The van der Waals surface area contributed by atoms with Gasteiger partial charge in [-0.3, -0.25) is 14.7 Å². The number of rotatable bonds is 14. The molecule has 0 aliphatic rings. The van der Waals surface area contributed by atoms with Crippen molar-refractivity contribution < 1.29 is 34.0 Å². The van der Waals surface area contributed by atoms with Crippen molar-refractivity contribution in [1.82, 2.24) is 10.6 Å². The molecule has 4 atom stereocenters. The van der Waals surface area contributed by atoms with Gasteiger partial charge in [0.25, 0.3) is 0 Å². The van der Waals surface area contributed by atoms with E-state index in [1.54, 1.807) is 36.4 Å². The fourth-order valence-electron chi connectivity index (χ4n) is 3.71. The molecule has 0 heterocycles. The number of aliphatic hydroxyl groups is 1. The minimum Gasteiger partial charge on any atom is -0.480 e. The number of hydrogen-bond donors (Lipinski definition) is 5. The van der Waals surface area contributed by atoms with Crippen molar-refractivity contribution in [2.24, 2.45) is 11.8 Å². The van der Waals surface area contributed by atoms with Crippen LogP contribution in [0.25, 0.3) is 0 Å². The lowest BCUT2D eigenvalue weighted by Crippen LogP contribution is -2.49. The summed E-state index contributed by atoms with van der Waals surface area (Å²) in [6.45, 7) is 3.83. The lowest BCUT2D eigenvalue weighted by Gasteiger charge is -2.29. The number of carboxylic acid groups (broad SMARTS) is 1. The Hall–Kier alpha value is -2.71. The Labute approximate surface area is 206 Å². The van der Waals surface area contributed by atoms with E-state index >= 15 is 0 Å². The van der Waals surface area contributed by atoms with E-state index in [9.17, 15) is 29.3 Å². The van der Waals surface area contributed by atoms with Gasteiger partial charge in [-0.2, -0.15) is 0 Å². The van der Waals surface area contributed by atoms with Crippen LogP contribution in [0.1, 0.15) is 31.4 Å². The second-order valence-corrected chi connectivity index (χ2v) is 11.4. The van der Waals surface area contributed by atoms with Crippen molar-refractivity contribution in [3.63, 3.8) is 0 Å². The molecular formula is C25H35N2O7P. The molecule has 10 heteroatoms. The summed E-state index contributed by atoms with van der Waals surface area (Å²) in [7, 11) is -3.90. The lowest BCUT2D eigenvalue weighted by molar-refractivity contribution is -0.140. The molecule has 4 unspecified atom stereocenters. The average Bonchev–Trinajstić information content (AvgIpc) is 2.81. The first-order valence-electron chi connectivity index (χ1n) is 11.5. The highest BCUT2D eigenvalue weighted by molar-refractivity contribution is 7.57. The fourth-order valence-corrected chi connectivity index (χ4v) is 5.30. The molecule has 0 aliphatic heterocycles. The topological polar surface area (TPSA) is 145 Å². The first kappa shape index (κ1) is 28.5. The highest BCUT2D eigenvalue weighted by Crippen LogP contribution is 2.43. The molecule has 0 bridgehead atoms. The van der Waals surface area contributed by atoms with Crippen LogP contribution in [0.3, 0.4) is 0 Å². The molecule has 0 fully saturated rings. The fraction of sp³-hybridized carbons (Fsp3) is 0.440. The summed E-state index contributed by atoms with van der Waals surface area (Å²) < 4.78 is 17.9. The predicted molar refractivity (Wildman–Crippen MR) is 133 cm³/mol. The standard InChI is InChI=1S/C25H35N2O7P/c1-18(2)13-21(23(28)27-22(24(29)30)14-19-9-5-3-6-10-19)16-35(32,33)17-26-25(31)34-15-20-11-7-4-8-12-20/h3-12,18,21-23,27-28H,13-17H2,1-2H3,(H,26,31)(H,29,30)(H,32,33). The zero-order chi connectivity index (χ0) is 25.8. The van der Waals surface area contributed by atoms with E-state index in [0.717, 1.165) is 11.1 Å². The van der Waals surface area contributed by atoms with Crippen molar-refractivity contribution in [2.75, 3.05) is 12.4 Å². The van der Waals surface area contributed by atoms with Gasteiger partial charge in [0.05, 0.1) is 6.29 Å². The first-order chi connectivity index (χ1) is 16.6. The molecule has 5 N–H and O–H groups in total. The van der Waals surface area contributed by atoms with Gasteiger partial charge in [0, 0.05) is 12.1 Å². The molecule has 9 nitrogen and oxygen atoms in total. The number of nitrogens with one attached hydrogen (secondary N) is 2. The summed E-state index contributed by atoms with van der Waals surface area (Å²) in [5.41, 5.74) is 1.57. The van der Waals surface area contributed by atoms with Crippen molar-refractivity contribution in [3.8, 4) is 0 Å². The summed E-state index contributed by atoms with van der Waals surface area (Å²) in [6, 6.07) is 17.0. The van der Waals surface area contributed by atoms with E-state index in [1.807, 2.05) is 38.1 Å². The van der Waals surface area contributed by atoms with Crippen LogP contribution in [0.2, 0.25) is 0 Å². The highest BCUT2D eigenvalue weighted by Gasteiger charge is 2.32. The Kier molecular flexibility index (Phi) is 11.4. The molecule has 2 aromatic rings. The summed E-state index contributed by atoms with van der Waals surface area (Å²) >= 11 is 0. The molecule has 0 saturated heterocycles. The number of carboxylic acids is 1. The van der Waals surface area contributed by atoms with Crippen LogP contribution in [0.15, 0.2) is 60.7 Å². The van der Waals surface area contributed by atoms with Gasteiger partial charge in [0.15, 0.2) is 0 Å². The number of amides is 1. The van der Waals surface area contributed by atoms with Gasteiger partial charge in [0.2, 0.25) is 7.37 Å². The zero-order valence-corrected chi connectivity index (χ0v) is 20.9. The van der Waals surface area contributed by atoms with Crippen molar-refractivity contribution in [2.45, 2.75) is 45.6 Å². The third-order valence-corrected chi connectivity index (χ3v) is 7.07. The van der Waals surface area contributed by atoms with Gasteiger partial charge in [-0.05, 0) is 29.9 Å². The smallest absolute Gasteiger partial charge is 0.407 e. The van der Waals surface area contributed by atoms with Gasteiger partial charge < -0.3 is 25.2 Å². The van der Waals surface area contributed by atoms with E-state index in [2.05, 4.69) is 10.6 Å². The third-order valence-electron chi connectivity index (χ3n) is 5.38. The second kappa shape index (κ2) is 14.0. The van der Waals surface area contributed by atoms with Crippen LogP contribution in [0, 0.1) is 11.8 Å². The maximum absolute atomic E-state index is 12.8. The normalized spacial score (nSPS) is 15.6. The van der Waals surface area contributed by atoms with Gasteiger partial charge >= 0.3 is 12.1 Å². The molecule has 0 spiro atoms.